The molecule has 1 aliphatic heterocycles. The molecule has 6 nitrogen and oxygen atoms in total. The van der Waals surface area contributed by atoms with Crippen molar-refractivity contribution in [2.45, 2.75) is 26.8 Å². The van der Waals surface area contributed by atoms with Gasteiger partial charge >= 0.3 is 0 Å². The van der Waals surface area contributed by atoms with Crippen molar-refractivity contribution in [3.05, 3.63) is 59.0 Å². The molecule has 1 N–H and O–H groups in total. The third-order valence-electron chi connectivity index (χ3n) is 5.45. The van der Waals surface area contributed by atoms with Crippen molar-refractivity contribution < 1.29 is 13.9 Å². The highest BCUT2D eigenvalue weighted by Gasteiger charge is 2.18. The van der Waals surface area contributed by atoms with Gasteiger partial charge in [0.1, 0.15) is 11.5 Å². The molecule has 29 heavy (non-hydrogen) atoms. The second-order valence-corrected chi connectivity index (χ2v) is 7.77. The zero-order chi connectivity index (χ0) is 20.2. The van der Waals surface area contributed by atoms with E-state index >= 15 is 0 Å². The number of furan rings is 1. The van der Waals surface area contributed by atoms with Gasteiger partial charge in [0.05, 0.1) is 18.7 Å². The van der Waals surface area contributed by atoms with Crippen LogP contribution < -0.4 is 5.32 Å². The number of amides is 1. The van der Waals surface area contributed by atoms with Crippen LogP contribution >= 0.6 is 0 Å². The zero-order valence-corrected chi connectivity index (χ0v) is 17.2. The lowest BCUT2D eigenvalue weighted by Gasteiger charge is -2.26. The predicted octanol–water partition coefficient (Wildman–Crippen LogP) is 3.35. The summed E-state index contributed by atoms with van der Waals surface area (Å²) in [5.41, 5.74) is 4.75. The summed E-state index contributed by atoms with van der Waals surface area (Å²) in [6.07, 6.45) is 0.930. The zero-order valence-electron chi connectivity index (χ0n) is 17.2. The number of rotatable bonds is 7. The summed E-state index contributed by atoms with van der Waals surface area (Å²) in [7, 11) is 0. The van der Waals surface area contributed by atoms with Gasteiger partial charge in [-0.15, -0.1) is 0 Å². The van der Waals surface area contributed by atoms with Crippen LogP contribution in [0.3, 0.4) is 0 Å². The summed E-state index contributed by atoms with van der Waals surface area (Å²) in [4.78, 5) is 15.3. The fourth-order valence-corrected chi connectivity index (χ4v) is 3.82. The van der Waals surface area contributed by atoms with Crippen molar-refractivity contribution >= 4 is 17.0 Å². The summed E-state index contributed by atoms with van der Waals surface area (Å²) in [6.45, 7) is 9.84. The second-order valence-electron chi connectivity index (χ2n) is 7.77. The van der Waals surface area contributed by atoms with E-state index < -0.39 is 0 Å². The number of nitrogens with zero attached hydrogens (tertiary/aromatic N) is 2. The number of hydrogen-bond acceptors (Lipinski definition) is 4. The molecule has 0 unspecified atom stereocenters. The van der Waals surface area contributed by atoms with E-state index in [1.807, 2.05) is 23.6 Å². The highest BCUT2D eigenvalue weighted by atomic mass is 16.5. The largest absolute Gasteiger partial charge is 0.460 e. The lowest BCUT2D eigenvalue weighted by Crippen LogP contribution is -2.38. The van der Waals surface area contributed by atoms with Crippen molar-refractivity contribution in [2.24, 2.45) is 0 Å². The molecular weight excluding hydrogens is 366 g/mol. The van der Waals surface area contributed by atoms with E-state index in [9.17, 15) is 4.79 Å². The van der Waals surface area contributed by atoms with Crippen LogP contribution in [0, 0.1) is 13.8 Å². The normalized spacial score (nSPS) is 15.1. The smallest absolute Gasteiger partial charge is 0.268 e. The summed E-state index contributed by atoms with van der Waals surface area (Å²) in [5.74, 6) is 0.799. The Hall–Kier alpha value is -2.57. The van der Waals surface area contributed by atoms with Crippen molar-refractivity contribution in [2.75, 3.05) is 39.4 Å². The maximum Gasteiger partial charge on any atom is 0.268 e. The topological polar surface area (TPSA) is 59.6 Å². The molecule has 1 aromatic carbocycles. The number of fused-ring (bicyclic) bond motifs is 1. The molecule has 1 amide bonds. The van der Waals surface area contributed by atoms with E-state index in [1.54, 1.807) is 0 Å². The Bertz CT molecular complexity index is 965. The number of aryl methyl sites for hydroxylation is 2. The SMILES string of the molecule is Cc1ccc(Cn2c(C(=O)NCCCN3CCOCC3)cc3oc(C)cc32)cc1. The highest BCUT2D eigenvalue weighted by Crippen LogP contribution is 2.25. The van der Waals surface area contributed by atoms with Gasteiger partial charge < -0.3 is 19.0 Å². The molecule has 3 heterocycles. The number of carbonyl (C=O) groups is 1. The van der Waals surface area contributed by atoms with E-state index in [4.69, 9.17) is 9.15 Å². The molecule has 1 saturated heterocycles. The molecule has 0 bridgehead atoms. The Morgan fingerprint density at radius 3 is 2.62 bits per heavy atom. The summed E-state index contributed by atoms with van der Waals surface area (Å²) < 4.78 is 13.2. The number of morpholine rings is 1. The quantitative estimate of drug-likeness (QED) is 0.624. The van der Waals surface area contributed by atoms with E-state index in [1.165, 1.54) is 5.56 Å². The average molecular weight is 396 g/mol. The molecule has 4 rings (SSSR count). The average Bonchev–Trinajstić information content (AvgIpc) is 3.24. The van der Waals surface area contributed by atoms with Crippen LogP contribution in [0.15, 0.2) is 40.8 Å². The van der Waals surface area contributed by atoms with E-state index in [2.05, 4.69) is 41.4 Å². The maximum atomic E-state index is 12.9. The minimum Gasteiger partial charge on any atom is -0.460 e. The molecule has 3 aromatic rings. The molecule has 154 valence electrons. The number of carbonyl (C=O) groups excluding carboxylic acids is 1. The molecule has 0 radical (unpaired) electrons. The third kappa shape index (κ3) is 4.71. The number of aromatic nitrogens is 1. The van der Waals surface area contributed by atoms with Gasteiger partial charge in [-0.3, -0.25) is 9.69 Å². The fourth-order valence-electron chi connectivity index (χ4n) is 3.82. The maximum absolute atomic E-state index is 12.9. The molecule has 0 atom stereocenters. The first-order valence-electron chi connectivity index (χ1n) is 10.3. The molecular formula is C23H29N3O3. The Morgan fingerprint density at radius 2 is 1.86 bits per heavy atom. The Morgan fingerprint density at radius 1 is 1.10 bits per heavy atom. The fraction of sp³-hybridized carbons (Fsp3) is 0.435. The minimum atomic E-state index is -0.0526. The molecule has 1 fully saturated rings. The van der Waals surface area contributed by atoms with Gasteiger partial charge in [0.2, 0.25) is 0 Å². The molecule has 0 spiro atoms. The van der Waals surface area contributed by atoms with Crippen LogP contribution in [0.25, 0.3) is 11.1 Å². The molecule has 2 aromatic heterocycles. The number of ether oxygens (including phenoxy) is 1. The summed E-state index contributed by atoms with van der Waals surface area (Å²) in [6, 6.07) is 12.3. The molecule has 0 aliphatic carbocycles. The second kappa shape index (κ2) is 8.84. The van der Waals surface area contributed by atoms with Crippen LogP contribution in [0.2, 0.25) is 0 Å². The number of nitrogens with one attached hydrogen (secondary N) is 1. The van der Waals surface area contributed by atoms with Gasteiger partial charge in [0, 0.05) is 38.3 Å². The molecule has 6 heteroatoms. The van der Waals surface area contributed by atoms with Gasteiger partial charge in [-0.1, -0.05) is 29.8 Å². The number of benzene rings is 1. The highest BCUT2D eigenvalue weighted by molar-refractivity contribution is 5.97. The first kappa shape index (κ1) is 19.7. The lowest BCUT2D eigenvalue weighted by molar-refractivity contribution is 0.0374. The summed E-state index contributed by atoms with van der Waals surface area (Å²) >= 11 is 0. The van der Waals surface area contributed by atoms with Crippen LogP contribution in [0.1, 0.15) is 33.8 Å². The van der Waals surface area contributed by atoms with Crippen molar-refractivity contribution in [1.29, 1.82) is 0 Å². The van der Waals surface area contributed by atoms with E-state index in [-0.39, 0.29) is 5.91 Å². The van der Waals surface area contributed by atoms with Crippen molar-refractivity contribution in [1.82, 2.24) is 14.8 Å². The van der Waals surface area contributed by atoms with Crippen LogP contribution in [0.4, 0.5) is 0 Å². The number of hydrogen-bond donors (Lipinski definition) is 1. The van der Waals surface area contributed by atoms with Gasteiger partial charge in [-0.25, -0.2) is 0 Å². The lowest BCUT2D eigenvalue weighted by atomic mass is 10.1. The Kier molecular flexibility index (Phi) is 6.02. The van der Waals surface area contributed by atoms with E-state index in [0.717, 1.165) is 61.7 Å². The van der Waals surface area contributed by atoms with Gasteiger partial charge in [-0.2, -0.15) is 0 Å². The molecule has 1 aliphatic rings. The van der Waals surface area contributed by atoms with Crippen LogP contribution in [-0.2, 0) is 11.3 Å². The van der Waals surface area contributed by atoms with Crippen LogP contribution in [0.5, 0.6) is 0 Å². The van der Waals surface area contributed by atoms with E-state index in [0.29, 0.717) is 18.8 Å². The van der Waals surface area contributed by atoms with Gasteiger partial charge in [-0.05, 0) is 32.4 Å². The van der Waals surface area contributed by atoms with Crippen molar-refractivity contribution in [3.63, 3.8) is 0 Å². The first-order chi connectivity index (χ1) is 14.1. The summed E-state index contributed by atoms with van der Waals surface area (Å²) in [5, 5.41) is 3.08. The Labute approximate surface area is 171 Å². The third-order valence-corrected chi connectivity index (χ3v) is 5.45. The van der Waals surface area contributed by atoms with Gasteiger partial charge in [0.25, 0.3) is 5.91 Å². The van der Waals surface area contributed by atoms with Crippen LogP contribution in [-0.4, -0.2) is 54.8 Å². The van der Waals surface area contributed by atoms with Gasteiger partial charge in [0.15, 0.2) is 5.58 Å². The minimum absolute atomic E-state index is 0.0526. The standard InChI is InChI=1S/C23H29N3O3/c1-17-4-6-19(7-5-17)16-26-20-14-18(2)29-22(20)15-21(26)23(27)24-8-3-9-25-10-12-28-13-11-25/h4-7,14-15H,3,8-13,16H2,1-2H3,(H,24,27). The molecule has 0 saturated carbocycles. The van der Waals surface area contributed by atoms with Crippen molar-refractivity contribution in [3.8, 4) is 0 Å². The first-order valence-corrected chi connectivity index (χ1v) is 10.3. The monoisotopic (exact) mass is 395 g/mol. The predicted molar refractivity (Wildman–Crippen MR) is 113 cm³/mol. The Balaban J connectivity index is 1.44.